The van der Waals surface area contributed by atoms with Crippen molar-refractivity contribution in [1.82, 2.24) is 24.5 Å². The highest BCUT2D eigenvalue weighted by molar-refractivity contribution is 6.42. The van der Waals surface area contributed by atoms with Crippen LogP contribution in [0.3, 0.4) is 0 Å². The molecule has 0 aliphatic carbocycles. The summed E-state index contributed by atoms with van der Waals surface area (Å²) in [5, 5.41) is 10.9. The third kappa shape index (κ3) is 3.94. The maximum Gasteiger partial charge on any atom is 0.254 e. The lowest BCUT2D eigenvalue weighted by Gasteiger charge is -2.35. The van der Waals surface area contributed by atoms with Crippen LogP contribution in [0.25, 0.3) is 27.9 Å². The van der Waals surface area contributed by atoms with Crippen molar-refractivity contribution in [1.29, 1.82) is 0 Å². The van der Waals surface area contributed by atoms with Gasteiger partial charge in [0.1, 0.15) is 0 Å². The molecule has 3 heterocycles. The summed E-state index contributed by atoms with van der Waals surface area (Å²) < 4.78 is 2.03. The van der Waals surface area contributed by atoms with Gasteiger partial charge in [-0.25, -0.2) is 9.38 Å². The fourth-order valence-electron chi connectivity index (χ4n) is 4.59. The van der Waals surface area contributed by atoms with E-state index < -0.39 is 0 Å². The summed E-state index contributed by atoms with van der Waals surface area (Å²) in [4.78, 5) is 22.1. The summed E-state index contributed by atoms with van der Waals surface area (Å²) >= 11 is 12.2. The van der Waals surface area contributed by atoms with Crippen LogP contribution in [-0.2, 0) is 0 Å². The Morgan fingerprint density at radius 3 is 2.36 bits per heavy atom. The van der Waals surface area contributed by atoms with Crippen LogP contribution in [0.2, 0.25) is 10.0 Å². The molecule has 0 saturated carbocycles. The Morgan fingerprint density at radius 1 is 0.861 bits per heavy atom. The number of piperazine rings is 1. The fourth-order valence-corrected chi connectivity index (χ4v) is 4.89. The normalized spacial score (nSPS) is 14.1. The van der Waals surface area contributed by atoms with Crippen molar-refractivity contribution in [2.24, 2.45) is 0 Å². The van der Waals surface area contributed by atoms with E-state index in [4.69, 9.17) is 28.2 Å². The molecule has 0 unspecified atom stereocenters. The minimum Gasteiger partial charge on any atom is -0.338 e. The molecule has 1 saturated heterocycles. The second kappa shape index (κ2) is 9.08. The number of nitrogens with zero attached hydrogens (tertiary/aromatic N) is 6. The zero-order chi connectivity index (χ0) is 24.8. The number of hydrogen-bond acceptors (Lipinski definition) is 5. The van der Waals surface area contributed by atoms with Gasteiger partial charge in [-0.3, -0.25) is 4.79 Å². The van der Waals surface area contributed by atoms with Crippen molar-refractivity contribution in [3.8, 4) is 11.4 Å². The third-order valence-corrected chi connectivity index (χ3v) is 7.29. The van der Waals surface area contributed by atoms with E-state index in [-0.39, 0.29) is 5.91 Å². The number of fused-ring (bicyclic) bond motifs is 3. The Balaban J connectivity index is 1.36. The van der Waals surface area contributed by atoms with Gasteiger partial charge in [-0.05, 0) is 37.3 Å². The first-order valence-electron chi connectivity index (χ1n) is 11.7. The lowest BCUT2D eigenvalue weighted by atomic mass is 10.1. The van der Waals surface area contributed by atoms with Gasteiger partial charge < -0.3 is 9.80 Å². The van der Waals surface area contributed by atoms with E-state index in [0.29, 0.717) is 41.8 Å². The van der Waals surface area contributed by atoms with Crippen molar-refractivity contribution < 1.29 is 4.79 Å². The number of carbonyl (C=O) groups is 1. The van der Waals surface area contributed by atoms with Crippen LogP contribution in [0.1, 0.15) is 15.9 Å². The van der Waals surface area contributed by atoms with Crippen molar-refractivity contribution >= 4 is 51.6 Å². The minimum absolute atomic E-state index is 0.0607. The molecule has 3 aromatic carbocycles. The number of benzene rings is 3. The first-order chi connectivity index (χ1) is 17.5. The van der Waals surface area contributed by atoms with Crippen LogP contribution in [0.15, 0.2) is 66.7 Å². The first-order valence-corrected chi connectivity index (χ1v) is 12.5. The largest absolute Gasteiger partial charge is 0.338 e. The lowest BCUT2D eigenvalue weighted by molar-refractivity contribution is 0.0746. The lowest BCUT2D eigenvalue weighted by Crippen LogP contribution is -2.49. The van der Waals surface area contributed by atoms with E-state index in [1.165, 1.54) is 5.56 Å². The van der Waals surface area contributed by atoms with Gasteiger partial charge in [-0.1, -0.05) is 65.2 Å². The highest BCUT2D eigenvalue weighted by Gasteiger charge is 2.26. The van der Waals surface area contributed by atoms with E-state index in [1.54, 1.807) is 18.2 Å². The standard InChI is InChI=1S/C27H22Cl2N6O/c1-17-6-8-18(9-7-17)24-31-32-25-20-4-2-3-5-23(20)30-27(35(24)25)34-14-12-33(13-15-34)26(36)19-10-11-21(28)22(29)16-19/h2-11,16H,12-15H2,1H3. The predicted octanol–water partition coefficient (Wildman–Crippen LogP) is 5.52. The minimum atomic E-state index is -0.0607. The Labute approximate surface area is 217 Å². The van der Waals surface area contributed by atoms with E-state index in [2.05, 4.69) is 46.3 Å². The van der Waals surface area contributed by atoms with Gasteiger partial charge in [-0.15, -0.1) is 10.2 Å². The van der Waals surface area contributed by atoms with E-state index in [9.17, 15) is 4.79 Å². The van der Waals surface area contributed by atoms with Crippen molar-refractivity contribution in [3.05, 3.63) is 87.9 Å². The van der Waals surface area contributed by atoms with Crippen LogP contribution in [-0.4, -0.2) is 56.6 Å². The maximum absolute atomic E-state index is 13.1. The summed E-state index contributed by atoms with van der Waals surface area (Å²) in [6.45, 7) is 4.41. The summed E-state index contributed by atoms with van der Waals surface area (Å²) in [6, 6.07) is 21.2. The molecule has 36 heavy (non-hydrogen) atoms. The average Bonchev–Trinajstić information content (AvgIpc) is 3.35. The van der Waals surface area contributed by atoms with Crippen molar-refractivity contribution in [2.45, 2.75) is 6.92 Å². The smallest absolute Gasteiger partial charge is 0.254 e. The van der Waals surface area contributed by atoms with E-state index in [0.717, 1.165) is 33.9 Å². The summed E-state index contributed by atoms with van der Waals surface area (Å²) in [5.41, 5.74) is 4.31. The number of carbonyl (C=O) groups excluding carboxylic acids is 1. The number of aromatic nitrogens is 4. The monoisotopic (exact) mass is 516 g/mol. The van der Waals surface area contributed by atoms with Gasteiger partial charge in [0.05, 0.1) is 15.6 Å². The summed E-state index contributed by atoms with van der Waals surface area (Å²) in [7, 11) is 0. The average molecular weight is 517 g/mol. The van der Waals surface area contributed by atoms with Crippen LogP contribution in [0.4, 0.5) is 5.95 Å². The van der Waals surface area contributed by atoms with E-state index >= 15 is 0 Å². The molecular weight excluding hydrogens is 495 g/mol. The number of hydrogen-bond donors (Lipinski definition) is 0. The maximum atomic E-state index is 13.1. The Bertz CT molecular complexity index is 1610. The number of halogens is 2. The van der Waals surface area contributed by atoms with Crippen LogP contribution in [0, 0.1) is 6.92 Å². The molecule has 6 rings (SSSR count). The molecule has 180 valence electrons. The number of para-hydroxylation sites is 1. The van der Waals surface area contributed by atoms with Crippen molar-refractivity contribution in [3.63, 3.8) is 0 Å². The quantitative estimate of drug-likeness (QED) is 0.315. The highest BCUT2D eigenvalue weighted by Crippen LogP contribution is 2.29. The molecule has 7 nitrogen and oxygen atoms in total. The Morgan fingerprint density at radius 2 is 1.61 bits per heavy atom. The molecule has 1 aliphatic heterocycles. The zero-order valence-electron chi connectivity index (χ0n) is 19.5. The molecular formula is C27H22Cl2N6O. The second-order valence-electron chi connectivity index (χ2n) is 8.89. The number of anilines is 1. The molecule has 0 atom stereocenters. The highest BCUT2D eigenvalue weighted by atomic mass is 35.5. The van der Waals surface area contributed by atoms with Crippen LogP contribution in [0.5, 0.6) is 0 Å². The topological polar surface area (TPSA) is 66.6 Å². The molecule has 0 radical (unpaired) electrons. The predicted molar refractivity (Wildman–Crippen MR) is 143 cm³/mol. The van der Waals surface area contributed by atoms with Gasteiger partial charge in [0.25, 0.3) is 5.91 Å². The van der Waals surface area contributed by atoms with E-state index in [1.807, 2.05) is 33.6 Å². The molecule has 9 heteroatoms. The summed E-state index contributed by atoms with van der Waals surface area (Å²) in [5.74, 6) is 1.45. The van der Waals surface area contributed by atoms with Crippen molar-refractivity contribution in [2.75, 3.05) is 31.1 Å². The molecule has 2 aromatic heterocycles. The molecule has 0 bridgehead atoms. The molecule has 0 N–H and O–H groups in total. The Hall–Kier alpha value is -3.68. The molecule has 1 fully saturated rings. The number of aryl methyl sites for hydroxylation is 1. The Kier molecular flexibility index (Phi) is 5.74. The molecule has 1 amide bonds. The van der Waals surface area contributed by atoms with Gasteiger partial charge in [-0.2, -0.15) is 0 Å². The second-order valence-corrected chi connectivity index (χ2v) is 9.70. The van der Waals surface area contributed by atoms with Gasteiger partial charge in [0, 0.05) is 42.7 Å². The van der Waals surface area contributed by atoms with Gasteiger partial charge in [0.15, 0.2) is 11.5 Å². The number of rotatable bonds is 3. The first kappa shape index (κ1) is 22.8. The van der Waals surface area contributed by atoms with Crippen LogP contribution < -0.4 is 4.90 Å². The zero-order valence-corrected chi connectivity index (χ0v) is 21.0. The number of amides is 1. The molecule has 1 aliphatic rings. The summed E-state index contributed by atoms with van der Waals surface area (Å²) in [6.07, 6.45) is 0. The molecule has 5 aromatic rings. The van der Waals surface area contributed by atoms with Crippen LogP contribution >= 0.6 is 23.2 Å². The molecule has 0 spiro atoms. The van der Waals surface area contributed by atoms with Gasteiger partial charge >= 0.3 is 0 Å². The van der Waals surface area contributed by atoms with Gasteiger partial charge in [0.2, 0.25) is 5.95 Å². The SMILES string of the molecule is Cc1ccc(-c2nnc3c4ccccc4nc(N4CCN(C(=O)c5ccc(Cl)c(Cl)c5)CC4)n23)cc1. The fraction of sp³-hybridized carbons (Fsp3) is 0.185. The third-order valence-electron chi connectivity index (χ3n) is 6.55.